The Morgan fingerprint density at radius 2 is 2.19 bits per heavy atom. The summed E-state index contributed by atoms with van der Waals surface area (Å²) in [7, 11) is 0. The van der Waals surface area contributed by atoms with E-state index in [1.807, 2.05) is 36.5 Å². The molecule has 0 spiro atoms. The molecule has 0 atom stereocenters. The third-order valence-electron chi connectivity index (χ3n) is 2.14. The lowest BCUT2D eigenvalue weighted by atomic mass is 10.2. The fraction of sp³-hybridized carbons (Fsp3) is 0.0833. The molecule has 1 heterocycles. The van der Waals surface area contributed by atoms with E-state index in [9.17, 15) is 0 Å². The molecule has 0 bridgehead atoms. The van der Waals surface area contributed by atoms with Crippen LogP contribution in [-0.4, -0.2) is 4.98 Å². The largest absolute Gasteiger partial charge is 0.380 e. The quantitative estimate of drug-likeness (QED) is 0.853. The number of halogens is 2. The maximum Gasteiger partial charge on any atom is 0.0479 e. The number of aromatic nitrogens is 1. The SMILES string of the molecule is Clc1ccc(NCc2cccnc2)c(I)c1. The van der Waals surface area contributed by atoms with Gasteiger partial charge in [0.05, 0.1) is 0 Å². The van der Waals surface area contributed by atoms with Crippen molar-refractivity contribution in [3.05, 3.63) is 56.9 Å². The summed E-state index contributed by atoms with van der Waals surface area (Å²) < 4.78 is 1.12. The van der Waals surface area contributed by atoms with E-state index in [4.69, 9.17) is 11.6 Å². The van der Waals surface area contributed by atoms with Crippen LogP contribution in [0.2, 0.25) is 5.02 Å². The average Bonchev–Trinajstić information content (AvgIpc) is 2.29. The second-order valence-electron chi connectivity index (χ2n) is 3.34. The molecule has 1 aromatic heterocycles. The fourth-order valence-electron chi connectivity index (χ4n) is 1.33. The molecule has 16 heavy (non-hydrogen) atoms. The first-order valence-electron chi connectivity index (χ1n) is 4.83. The molecule has 0 amide bonds. The lowest BCUT2D eigenvalue weighted by Gasteiger charge is -2.08. The molecule has 0 fully saturated rings. The summed E-state index contributed by atoms with van der Waals surface area (Å²) in [5.74, 6) is 0. The zero-order valence-corrected chi connectivity index (χ0v) is 11.4. The molecule has 0 saturated carbocycles. The Kier molecular flexibility index (Phi) is 4.01. The molecule has 2 nitrogen and oxygen atoms in total. The van der Waals surface area contributed by atoms with Crippen LogP contribution in [0.4, 0.5) is 5.69 Å². The topological polar surface area (TPSA) is 24.9 Å². The molecule has 0 unspecified atom stereocenters. The molecular weight excluding hydrogens is 335 g/mol. The minimum Gasteiger partial charge on any atom is -0.380 e. The molecule has 0 aliphatic carbocycles. The van der Waals surface area contributed by atoms with Crippen LogP contribution in [0.3, 0.4) is 0 Å². The molecular formula is C12H10ClIN2. The number of benzene rings is 1. The Morgan fingerprint density at radius 1 is 1.31 bits per heavy atom. The predicted octanol–water partition coefficient (Wildman–Crippen LogP) is 3.95. The Balaban J connectivity index is 2.05. The van der Waals surface area contributed by atoms with Crippen molar-refractivity contribution in [1.29, 1.82) is 0 Å². The molecule has 0 radical (unpaired) electrons. The van der Waals surface area contributed by atoms with Crippen LogP contribution in [0.25, 0.3) is 0 Å². The van der Waals surface area contributed by atoms with Gasteiger partial charge in [0.2, 0.25) is 0 Å². The van der Waals surface area contributed by atoms with E-state index < -0.39 is 0 Å². The van der Waals surface area contributed by atoms with Crippen molar-refractivity contribution < 1.29 is 0 Å². The van der Waals surface area contributed by atoms with Crippen LogP contribution in [0.5, 0.6) is 0 Å². The van der Waals surface area contributed by atoms with Gasteiger partial charge in [0.25, 0.3) is 0 Å². The van der Waals surface area contributed by atoms with Gasteiger partial charge in [-0.2, -0.15) is 0 Å². The van der Waals surface area contributed by atoms with Crippen LogP contribution >= 0.6 is 34.2 Å². The summed E-state index contributed by atoms with van der Waals surface area (Å²) in [4.78, 5) is 4.07. The number of nitrogens with zero attached hydrogens (tertiary/aromatic N) is 1. The minimum atomic E-state index is 0.760. The van der Waals surface area contributed by atoms with Crippen molar-refractivity contribution in [3.63, 3.8) is 0 Å². The highest BCUT2D eigenvalue weighted by atomic mass is 127. The number of hydrogen-bond donors (Lipinski definition) is 1. The van der Waals surface area contributed by atoms with Crippen molar-refractivity contribution in [2.45, 2.75) is 6.54 Å². The van der Waals surface area contributed by atoms with Gasteiger partial charge >= 0.3 is 0 Å². The van der Waals surface area contributed by atoms with E-state index in [2.05, 4.69) is 32.9 Å². The standard InChI is InChI=1S/C12H10ClIN2/c13-10-3-4-12(11(14)6-10)16-8-9-2-1-5-15-7-9/h1-7,16H,8H2. The Hall–Kier alpha value is -0.810. The van der Waals surface area contributed by atoms with E-state index in [1.165, 1.54) is 0 Å². The van der Waals surface area contributed by atoms with Crippen molar-refractivity contribution in [2.75, 3.05) is 5.32 Å². The van der Waals surface area contributed by atoms with E-state index in [1.54, 1.807) is 6.20 Å². The maximum absolute atomic E-state index is 5.89. The third-order valence-corrected chi connectivity index (χ3v) is 3.26. The van der Waals surface area contributed by atoms with Crippen LogP contribution in [0.15, 0.2) is 42.7 Å². The molecule has 1 aromatic carbocycles. The fourth-order valence-corrected chi connectivity index (χ4v) is 2.39. The molecule has 2 aromatic rings. The number of nitrogens with one attached hydrogen (secondary N) is 1. The van der Waals surface area contributed by atoms with Crippen molar-refractivity contribution in [3.8, 4) is 0 Å². The highest BCUT2D eigenvalue weighted by molar-refractivity contribution is 14.1. The molecule has 0 saturated heterocycles. The van der Waals surface area contributed by atoms with Gasteiger partial charge in [-0.25, -0.2) is 0 Å². The lowest BCUT2D eigenvalue weighted by Crippen LogP contribution is -2.01. The first-order valence-corrected chi connectivity index (χ1v) is 6.29. The van der Waals surface area contributed by atoms with Crippen molar-refractivity contribution in [2.24, 2.45) is 0 Å². The molecule has 4 heteroatoms. The van der Waals surface area contributed by atoms with Gasteiger partial charge < -0.3 is 5.32 Å². The number of pyridine rings is 1. The molecule has 0 aliphatic heterocycles. The zero-order valence-electron chi connectivity index (χ0n) is 8.45. The van der Waals surface area contributed by atoms with E-state index in [0.717, 1.165) is 26.4 Å². The van der Waals surface area contributed by atoms with Crippen molar-refractivity contribution >= 4 is 39.9 Å². The highest BCUT2D eigenvalue weighted by Crippen LogP contribution is 2.22. The van der Waals surface area contributed by atoms with Crippen molar-refractivity contribution in [1.82, 2.24) is 4.98 Å². The number of rotatable bonds is 3. The van der Waals surface area contributed by atoms with E-state index in [0.29, 0.717) is 0 Å². The molecule has 1 N–H and O–H groups in total. The predicted molar refractivity (Wildman–Crippen MR) is 75.7 cm³/mol. The summed E-state index contributed by atoms with van der Waals surface area (Å²) in [5.41, 5.74) is 2.25. The first-order chi connectivity index (χ1) is 7.75. The third kappa shape index (κ3) is 3.09. The normalized spacial score (nSPS) is 10.1. The summed E-state index contributed by atoms with van der Waals surface area (Å²) in [5, 5.41) is 4.11. The zero-order chi connectivity index (χ0) is 11.4. The van der Waals surface area contributed by atoms with Gasteiger partial charge in [-0.3, -0.25) is 4.98 Å². The summed E-state index contributed by atoms with van der Waals surface area (Å²) in [6.07, 6.45) is 3.63. The Bertz CT molecular complexity index is 474. The van der Waals surface area contributed by atoms with E-state index >= 15 is 0 Å². The van der Waals surface area contributed by atoms with Crippen LogP contribution in [0, 0.1) is 3.57 Å². The molecule has 2 rings (SSSR count). The lowest BCUT2D eigenvalue weighted by molar-refractivity contribution is 1.11. The average molecular weight is 345 g/mol. The van der Waals surface area contributed by atoms with Gasteiger partial charge in [0.15, 0.2) is 0 Å². The Labute approximate surface area is 113 Å². The van der Waals surface area contributed by atoms with Gasteiger partial charge in [0, 0.05) is 33.2 Å². The summed E-state index contributed by atoms with van der Waals surface area (Å²) >= 11 is 8.16. The van der Waals surface area contributed by atoms with Gasteiger partial charge in [-0.15, -0.1) is 0 Å². The minimum absolute atomic E-state index is 0.760. The van der Waals surface area contributed by atoms with Gasteiger partial charge in [-0.1, -0.05) is 17.7 Å². The van der Waals surface area contributed by atoms with Crippen LogP contribution in [0.1, 0.15) is 5.56 Å². The van der Waals surface area contributed by atoms with Gasteiger partial charge in [-0.05, 0) is 52.4 Å². The second kappa shape index (κ2) is 5.50. The maximum atomic E-state index is 5.89. The first kappa shape index (κ1) is 11.7. The summed E-state index contributed by atoms with van der Waals surface area (Å²) in [6, 6.07) is 9.79. The highest BCUT2D eigenvalue weighted by Gasteiger charge is 2.00. The van der Waals surface area contributed by atoms with E-state index in [-0.39, 0.29) is 0 Å². The van der Waals surface area contributed by atoms with Gasteiger partial charge in [0.1, 0.15) is 0 Å². The van der Waals surface area contributed by atoms with Crippen LogP contribution in [-0.2, 0) is 6.54 Å². The molecule has 0 aliphatic rings. The number of hydrogen-bond acceptors (Lipinski definition) is 2. The monoisotopic (exact) mass is 344 g/mol. The molecule has 82 valence electrons. The van der Waals surface area contributed by atoms with Crippen LogP contribution < -0.4 is 5.32 Å². The second-order valence-corrected chi connectivity index (χ2v) is 4.94. The number of anilines is 1. The summed E-state index contributed by atoms with van der Waals surface area (Å²) in [6.45, 7) is 0.769. The Morgan fingerprint density at radius 3 is 2.88 bits per heavy atom. The smallest absolute Gasteiger partial charge is 0.0479 e.